The van der Waals surface area contributed by atoms with E-state index < -0.39 is 5.82 Å². The summed E-state index contributed by atoms with van der Waals surface area (Å²) in [5.74, 6) is 0.534. The Balaban J connectivity index is 1.56. The van der Waals surface area contributed by atoms with E-state index in [2.05, 4.69) is 29.1 Å². The Morgan fingerprint density at radius 3 is 2.80 bits per heavy atom. The number of carbonyl (C=O) groups is 1. The molecule has 1 aliphatic carbocycles. The first kappa shape index (κ1) is 20.7. The van der Waals surface area contributed by atoms with Crippen molar-refractivity contribution in [2.45, 2.75) is 64.6 Å². The largest absolute Gasteiger partial charge is 0.376 e. The van der Waals surface area contributed by atoms with Crippen LogP contribution in [-0.4, -0.2) is 45.2 Å². The zero-order chi connectivity index (χ0) is 21.5. The summed E-state index contributed by atoms with van der Waals surface area (Å²) in [5.41, 5.74) is 2.15. The van der Waals surface area contributed by atoms with Crippen molar-refractivity contribution in [3.8, 4) is 11.4 Å². The smallest absolute Gasteiger partial charge is 0.322 e. The molecule has 30 heavy (non-hydrogen) atoms. The molecule has 1 N–H and O–H groups in total. The van der Waals surface area contributed by atoms with Gasteiger partial charge in [0.1, 0.15) is 0 Å². The highest BCUT2D eigenvalue weighted by Gasteiger charge is 2.61. The maximum Gasteiger partial charge on any atom is 0.322 e. The molecule has 4 atom stereocenters. The van der Waals surface area contributed by atoms with Crippen LogP contribution in [0.15, 0.2) is 30.6 Å². The number of nitrogens with zero attached hydrogens (tertiary/aromatic N) is 3. The van der Waals surface area contributed by atoms with Crippen molar-refractivity contribution in [3.63, 3.8) is 0 Å². The molecule has 160 valence electrons. The summed E-state index contributed by atoms with van der Waals surface area (Å²) < 4.78 is 19.1. The summed E-state index contributed by atoms with van der Waals surface area (Å²) in [5, 5.41) is 3.06. The van der Waals surface area contributed by atoms with Gasteiger partial charge in [-0.3, -0.25) is 0 Å². The van der Waals surface area contributed by atoms with E-state index in [4.69, 9.17) is 4.74 Å². The van der Waals surface area contributed by atoms with Crippen LogP contribution >= 0.6 is 0 Å². The number of piperidine rings is 1. The van der Waals surface area contributed by atoms with Gasteiger partial charge >= 0.3 is 6.03 Å². The average Bonchev–Trinajstić information content (AvgIpc) is 2.69. The van der Waals surface area contributed by atoms with Crippen molar-refractivity contribution < 1.29 is 13.9 Å². The summed E-state index contributed by atoms with van der Waals surface area (Å²) in [7, 11) is 0. The van der Waals surface area contributed by atoms with Gasteiger partial charge in [0.25, 0.3) is 0 Å². The number of aromatic nitrogens is 2. The molecular weight excluding hydrogens is 383 g/mol. The number of benzene rings is 1. The van der Waals surface area contributed by atoms with Crippen LogP contribution in [-0.2, 0) is 4.74 Å². The third-order valence-corrected chi connectivity index (χ3v) is 6.55. The van der Waals surface area contributed by atoms with Gasteiger partial charge in [-0.1, -0.05) is 13.0 Å². The minimum absolute atomic E-state index is 0.00607. The molecule has 2 bridgehead atoms. The second kappa shape index (κ2) is 7.95. The molecule has 1 saturated heterocycles. The predicted octanol–water partition coefficient (Wildman–Crippen LogP) is 4.79. The van der Waals surface area contributed by atoms with Gasteiger partial charge in [0.05, 0.1) is 24.0 Å². The fraction of sp³-hybridized carbons (Fsp3) is 0.522. The summed E-state index contributed by atoms with van der Waals surface area (Å²) >= 11 is 0. The van der Waals surface area contributed by atoms with E-state index in [1.54, 1.807) is 0 Å². The Hall–Kier alpha value is -2.54. The maximum atomic E-state index is 13.3. The van der Waals surface area contributed by atoms with Gasteiger partial charge < -0.3 is 15.0 Å². The van der Waals surface area contributed by atoms with Gasteiger partial charge in [0, 0.05) is 23.9 Å². The average molecular weight is 413 g/mol. The minimum atomic E-state index is -0.479. The lowest BCUT2D eigenvalue weighted by Crippen LogP contribution is -2.76. The highest BCUT2D eigenvalue weighted by molar-refractivity contribution is 5.92. The molecule has 6 nitrogen and oxygen atoms in total. The number of likely N-dealkylation sites (tertiary alicyclic amines) is 1. The molecule has 1 aromatic carbocycles. The fourth-order valence-corrected chi connectivity index (χ4v) is 5.25. The monoisotopic (exact) mass is 412 g/mol. The highest BCUT2D eigenvalue weighted by atomic mass is 19.1. The number of rotatable bonds is 5. The number of hydrogen-bond donors (Lipinski definition) is 1. The number of nitrogens with one attached hydrogen (secondary N) is 1. The van der Waals surface area contributed by atoms with E-state index >= 15 is 0 Å². The summed E-state index contributed by atoms with van der Waals surface area (Å²) in [6.45, 7) is 8.90. The molecule has 2 aliphatic rings. The van der Waals surface area contributed by atoms with Crippen LogP contribution in [0.4, 0.5) is 14.9 Å². The summed E-state index contributed by atoms with van der Waals surface area (Å²) in [6, 6.07) is 5.78. The van der Waals surface area contributed by atoms with Crippen LogP contribution in [0.1, 0.15) is 45.6 Å². The van der Waals surface area contributed by atoms with Gasteiger partial charge in [0.2, 0.25) is 0 Å². The predicted molar refractivity (Wildman–Crippen MR) is 114 cm³/mol. The highest BCUT2D eigenvalue weighted by Crippen LogP contribution is 2.52. The molecule has 2 aromatic rings. The molecule has 2 heterocycles. The Morgan fingerprint density at radius 2 is 2.10 bits per heavy atom. The van der Waals surface area contributed by atoms with Crippen LogP contribution in [0, 0.1) is 18.7 Å². The molecule has 0 unspecified atom stereocenters. The molecule has 2 amide bonds. The van der Waals surface area contributed by atoms with Gasteiger partial charge in [-0.15, -0.1) is 0 Å². The number of ether oxygens (including phenoxy) is 1. The fourth-order valence-electron chi connectivity index (χ4n) is 5.25. The van der Waals surface area contributed by atoms with Crippen LogP contribution < -0.4 is 5.32 Å². The van der Waals surface area contributed by atoms with Gasteiger partial charge in [-0.05, 0) is 63.6 Å². The third-order valence-electron chi connectivity index (χ3n) is 6.55. The second-order valence-corrected chi connectivity index (χ2v) is 8.66. The molecule has 0 spiro atoms. The topological polar surface area (TPSA) is 67.3 Å². The zero-order valence-electron chi connectivity index (χ0n) is 18.0. The Morgan fingerprint density at radius 1 is 1.37 bits per heavy atom. The standard InChI is InChI=1S/C23H29FN4O2/c1-5-30-16(4)23-10-14(2)8-19(11-23)28(23)22(29)27-18-7-6-15(3)20(9-18)21-25-12-17(24)13-26-21/h6-7,9,12-14,16,19H,5,8,10-11H2,1-4H3,(H,27,29)/t14-,16-,19+,23-/m0/s1. The molecule has 7 heteroatoms. The molecule has 1 saturated carbocycles. The Labute approximate surface area is 176 Å². The van der Waals surface area contributed by atoms with E-state index in [9.17, 15) is 9.18 Å². The van der Waals surface area contributed by atoms with Gasteiger partial charge in [-0.2, -0.15) is 0 Å². The number of urea groups is 1. The minimum Gasteiger partial charge on any atom is -0.376 e. The lowest BCUT2D eigenvalue weighted by atomic mass is 9.62. The van der Waals surface area contributed by atoms with Crippen LogP contribution in [0.3, 0.4) is 0 Å². The lowest BCUT2D eigenvalue weighted by Gasteiger charge is -2.65. The van der Waals surface area contributed by atoms with Crippen LogP contribution in [0.5, 0.6) is 0 Å². The van der Waals surface area contributed by atoms with Crippen molar-refractivity contribution in [3.05, 3.63) is 42.0 Å². The molecule has 4 rings (SSSR count). The number of amides is 2. The van der Waals surface area contributed by atoms with E-state index in [1.165, 1.54) is 0 Å². The van der Waals surface area contributed by atoms with Gasteiger partial charge in [0.15, 0.2) is 11.6 Å². The van der Waals surface area contributed by atoms with E-state index in [-0.39, 0.29) is 23.7 Å². The summed E-state index contributed by atoms with van der Waals surface area (Å²) in [4.78, 5) is 23.4. The number of fused-ring (bicyclic) bond motifs is 2. The lowest BCUT2D eigenvalue weighted by molar-refractivity contribution is -0.162. The quantitative estimate of drug-likeness (QED) is 0.767. The summed E-state index contributed by atoms with van der Waals surface area (Å²) in [6.07, 6.45) is 5.27. The normalized spacial score (nSPS) is 26.1. The van der Waals surface area contributed by atoms with Crippen molar-refractivity contribution in [1.82, 2.24) is 14.9 Å². The zero-order valence-corrected chi connectivity index (χ0v) is 18.0. The first-order valence-electron chi connectivity index (χ1n) is 10.6. The SMILES string of the molecule is CCO[C@@H](C)[C@]12C[C@@H](C)C[C@H](C1)N2C(=O)Nc1ccc(C)c(-c2ncc(F)cn2)c1. The first-order chi connectivity index (χ1) is 14.3. The second-order valence-electron chi connectivity index (χ2n) is 8.66. The van der Waals surface area contributed by atoms with Crippen molar-refractivity contribution in [2.75, 3.05) is 11.9 Å². The Bertz CT molecular complexity index is 935. The van der Waals surface area contributed by atoms with Crippen LogP contribution in [0.2, 0.25) is 0 Å². The number of carbonyl (C=O) groups excluding carboxylic acids is 1. The Kier molecular flexibility index (Phi) is 5.49. The van der Waals surface area contributed by atoms with E-state index in [0.717, 1.165) is 42.8 Å². The van der Waals surface area contributed by atoms with Crippen LogP contribution in [0.25, 0.3) is 11.4 Å². The number of halogens is 1. The molecule has 1 aromatic heterocycles. The number of aryl methyl sites for hydroxylation is 1. The van der Waals surface area contributed by atoms with Gasteiger partial charge in [-0.25, -0.2) is 19.2 Å². The third kappa shape index (κ3) is 3.55. The van der Waals surface area contributed by atoms with E-state index in [0.29, 0.717) is 24.0 Å². The van der Waals surface area contributed by atoms with Crippen molar-refractivity contribution in [2.24, 2.45) is 5.92 Å². The van der Waals surface area contributed by atoms with Crippen molar-refractivity contribution in [1.29, 1.82) is 0 Å². The number of hydrogen-bond acceptors (Lipinski definition) is 4. The number of anilines is 1. The maximum absolute atomic E-state index is 13.3. The molecule has 0 radical (unpaired) electrons. The molecular formula is C23H29FN4O2. The first-order valence-corrected chi connectivity index (χ1v) is 10.6. The molecule has 1 aliphatic heterocycles. The van der Waals surface area contributed by atoms with Crippen molar-refractivity contribution >= 4 is 11.7 Å². The van der Waals surface area contributed by atoms with E-state index in [1.807, 2.05) is 36.9 Å². The molecule has 2 fully saturated rings.